The number of esters is 2. The summed E-state index contributed by atoms with van der Waals surface area (Å²) in [5.74, 6) is -0.912. The first-order valence-electron chi connectivity index (χ1n) is 7.99. The third-order valence-electron chi connectivity index (χ3n) is 3.51. The molecule has 2 aromatic rings. The lowest BCUT2D eigenvalue weighted by Crippen LogP contribution is -2.41. The van der Waals surface area contributed by atoms with Crippen molar-refractivity contribution < 1.29 is 33.0 Å². The fourth-order valence-electron chi connectivity index (χ4n) is 2.01. The minimum atomic E-state index is -0.651. The second-order valence-electron chi connectivity index (χ2n) is 5.29. The fourth-order valence-corrected chi connectivity index (χ4v) is 2.67. The predicted molar refractivity (Wildman–Crippen MR) is 97.6 cm³/mol. The van der Waals surface area contributed by atoms with Crippen LogP contribution in [-0.4, -0.2) is 73.1 Å². The number of benzene rings is 1. The van der Waals surface area contributed by atoms with Crippen molar-refractivity contribution in [3.8, 4) is 17.2 Å². The largest absolute Gasteiger partial charge is 0.497 e. The van der Waals surface area contributed by atoms with Crippen LogP contribution in [0.1, 0.15) is 0 Å². The van der Waals surface area contributed by atoms with Crippen LogP contribution in [0.5, 0.6) is 5.75 Å². The van der Waals surface area contributed by atoms with Crippen molar-refractivity contribution in [3.05, 3.63) is 24.3 Å². The van der Waals surface area contributed by atoms with Gasteiger partial charge in [-0.3, -0.25) is 14.4 Å². The SMILES string of the molecule is COC(=O)CN(CC(=O)OC)C(=O)CSc1nnc(-c2ccc(OC)cc2)o1. The lowest BCUT2D eigenvalue weighted by molar-refractivity contribution is -0.151. The number of ether oxygens (including phenoxy) is 3. The lowest BCUT2D eigenvalue weighted by Gasteiger charge is -2.19. The molecule has 1 aromatic carbocycles. The van der Waals surface area contributed by atoms with Gasteiger partial charge in [0, 0.05) is 5.56 Å². The molecule has 1 amide bonds. The Morgan fingerprint density at radius 3 is 2.14 bits per heavy atom. The second kappa shape index (κ2) is 10.3. The predicted octanol–water partition coefficient (Wildman–Crippen LogP) is 1.01. The molecule has 1 heterocycles. The first kappa shape index (κ1) is 21.2. The van der Waals surface area contributed by atoms with Gasteiger partial charge in [0.25, 0.3) is 5.22 Å². The Kier molecular flexibility index (Phi) is 7.81. The Morgan fingerprint density at radius 2 is 1.61 bits per heavy atom. The number of amides is 1. The molecule has 0 N–H and O–H groups in total. The van der Waals surface area contributed by atoms with E-state index in [-0.39, 0.29) is 24.1 Å². The number of rotatable bonds is 9. The first-order chi connectivity index (χ1) is 13.5. The molecule has 10 nitrogen and oxygen atoms in total. The molecule has 0 spiro atoms. The van der Waals surface area contributed by atoms with Crippen LogP contribution < -0.4 is 4.74 Å². The van der Waals surface area contributed by atoms with Crippen LogP contribution in [0.2, 0.25) is 0 Å². The molecule has 2 rings (SSSR count). The van der Waals surface area contributed by atoms with Crippen molar-refractivity contribution in [2.75, 3.05) is 40.2 Å². The van der Waals surface area contributed by atoms with E-state index in [4.69, 9.17) is 9.15 Å². The number of nitrogens with zero attached hydrogens (tertiary/aromatic N) is 3. The molecule has 0 fully saturated rings. The van der Waals surface area contributed by atoms with Gasteiger partial charge in [-0.2, -0.15) is 0 Å². The highest BCUT2D eigenvalue weighted by Gasteiger charge is 2.22. The zero-order chi connectivity index (χ0) is 20.5. The van der Waals surface area contributed by atoms with Crippen LogP contribution in [0.25, 0.3) is 11.5 Å². The molecule has 0 aliphatic carbocycles. The number of carbonyl (C=O) groups is 3. The molecule has 150 valence electrons. The van der Waals surface area contributed by atoms with Crippen LogP contribution in [0.4, 0.5) is 0 Å². The maximum atomic E-state index is 12.4. The molecule has 0 unspecified atom stereocenters. The molecular weight excluding hydrogens is 390 g/mol. The molecule has 0 bridgehead atoms. The number of aromatic nitrogens is 2. The van der Waals surface area contributed by atoms with E-state index in [2.05, 4.69) is 19.7 Å². The molecule has 11 heteroatoms. The van der Waals surface area contributed by atoms with Crippen molar-refractivity contribution in [1.82, 2.24) is 15.1 Å². The standard InChI is InChI=1S/C17H19N3O7S/c1-24-12-6-4-11(5-7-12)16-18-19-17(27-16)28-10-13(21)20(8-14(22)25-2)9-15(23)26-3/h4-7H,8-10H2,1-3H3. The van der Waals surface area contributed by atoms with Gasteiger partial charge in [0.1, 0.15) is 18.8 Å². The van der Waals surface area contributed by atoms with E-state index in [1.54, 1.807) is 31.4 Å². The molecule has 1 aromatic heterocycles. The molecule has 0 aliphatic heterocycles. The van der Waals surface area contributed by atoms with Gasteiger partial charge in [0.15, 0.2) is 0 Å². The zero-order valence-electron chi connectivity index (χ0n) is 15.5. The van der Waals surface area contributed by atoms with Crippen molar-refractivity contribution in [1.29, 1.82) is 0 Å². The van der Waals surface area contributed by atoms with Gasteiger partial charge in [-0.1, -0.05) is 11.8 Å². The van der Waals surface area contributed by atoms with E-state index < -0.39 is 17.8 Å². The van der Waals surface area contributed by atoms with Gasteiger partial charge in [-0.25, -0.2) is 0 Å². The van der Waals surface area contributed by atoms with Gasteiger partial charge in [0.05, 0.1) is 27.1 Å². The Balaban J connectivity index is 1.98. The summed E-state index contributed by atoms with van der Waals surface area (Å²) in [6.07, 6.45) is 0. The first-order valence-corrected chi connectivity index (χ1v) is 8.97. The van der Waals surface area contributed by atoms with Crippen molar-refractivity contribution >= 4 is 29.6 Å². The zero-order valence-corrected chi connectivity index (χ0v) is 16.4. The summed E-state index contributed by atoms with van der Waals surface area (Å²) in [6.45, 7) is -0.738. The average molecular weight is 409 g/mol. The monoisotopic (exact) mass is 409 g/mol. The van der Waals surface area contributed by atoms with Gasteiger partial charge in [-0.15, -0.1) is 10.2 Å². The minimum Gasteiger partial charge on any atom is -0.497 e. The molecule has 28 heavy (non-hydrogen) atoms. The summed E-state index contributed by atoms with van der Waals surface area (Å²) in [5, 5.41) is 7.99. The van der Waals surface area contributed by atoms with E-state index in [0.29, 0.717) is 17.2 Å². The summed E-state index contributed by atoms with van der Waals surface area (Å²) in [7, 11) is 3.95. The number of thioether (sulfide) groups is 1. The lowest BCUT2D eigenvalue weighted by atomic mass is 10.2. The highest BCUT2D eigenvalue weighted by Crippen LogP contribution is 2.25. The van der Waals surface area contributed by atoms with Gasteiger partial charge in [-0.05, 0) is 24.3 Å². The Labute approximate surface area is 165 Å². The van der Waals surface area contributed by atoms with Gasteiger partial charge in [0.2, 0.25) is 11.8 Å². The van der Waals surface area contributed by atoms with Crippen LogP contribution in [0.3, 0.4) is 0 Å². The number of hydrogen-bond donors (Lipinski definition) is 0. The highest BCUT2D eigenvalue weighted by molar-refractivity contribution is 7.99. The third kappa shape index (κ3) is 5.98. The Hall–Kier alpha value is -3.08. The average Bonchev–Trinajstić information content (AvgIpc) is 3.20. The molecule has 0 saturated carbocycles. The number of carbonyl (C=O) groups excluding carboxylic acids is 3. The van der Waals surface area contributed by atoms with Crippen molar-refractivity contribution in [2.45, 2.75) is 5.22 Å². The smallest absolute Gasteiger partial charge is 0.325 e. The third-order valence-corrected chi connectivity index (χ3v) is 4.31. The molecule has 0 aliphatic rings. The van der Waals surface area contributed by atoms with Crippen LogP contribution in [-0.2, 0) is 23.9 Å². The van der Waals surface area contributed by atoms with Gasteiger partial charge < -0.3 is 23.5 Å². The quantitative estimate of drug-likeness (QED) is 0.438. The number of methoxy groups -OCH3 is 3. The summed E-state index contributed by atoms with van der Waals surface area (Å²) in [5.41, 5.74) is 0.699. The summed E-state index contributed by atoms with van der Waals surface area (Å²) >= 11 is 0.989. The van der Waals surface area contributed by atoms with E-state index in [9.17, 15) is 14.4 Å². The van der Waals surface area contributed by atoms with Crippen molar-refractivity contribution in [3.63, 3.8) is 0 Å². The van der Waals surface area contributed by atoms with Crippen molar-refractivity contribution in [2.24, 2.45) is 0 Å². The molecule has 0 atom stereocenters. The number of hydrogen-bond acceptors (Lipinski definition) is 10. The van der Waals surface area contributed by atoms with Gasteiger partial charge >= 0.3 is 11.9 Å². The van der Waals surface area contributed by atoms with E-state index in [1.165, 1.54) is 14.2 Å². The van der Waals surface area contributed by atoms with Crippen LogP contribution >= 0.6 is 11.8 Å². The van der Waals surface area contributed by atoms with E-state index in [0.717, 1.165) is 16.7 Å². The second-order valence-corrected chi connectivity index (χ2v) is 6.22. The Morgan fingerprint density at radius 1 is 1.00 bits per heavy atom. The molecule has 0 radical (unpaired) electrons. The fraction of sp³-hybridized carbons (Fsp3) is 0.353. The summed E-state index contributed by atoms with van der Waals surface area (Å²) in [6, 6.07) is 7.04. The molecular formula is C17H19N3O7S. The maximum absolute atomic E-state index is 12.4. The highest BCUT2D eigenvalue weighted by atomic mass is 32.2. The van der Waals surface area contributed by atoms with E-state index in [1.807, 2.05) is 0 Å². The maximum Gasteiger partial charge on any atom is 0.325 e. The topological polar surface area (TPSA) is 121 Å². The Bertz CT molecular complexity index is 804. The van der Waals surface area contributed by atoms with Crippen LogP contribution in [0.15, 0.2) is 33.9 Å². The normalized spacial score (nSPS) is 10.2. The minimum absolute atomic E-state index is 0.113. The molecule has 0 saturated heterocycles. The van der Waals surface area contributed by atoms with E-state index >= 15 is 0 Å². The summed E-state index contributed by atoms with van der Waals surface area (Å²) in [4.78, 5) is 36.3. The summed E-state index contributed by atoms with van der Waals surface area (Å²) < 4.78 is 19.7. The van der Waals surface area contributed by atoms with Crippen LogP contribution in [0, 0.1) is 0 Å².